The van der Waals surface area contributed by atoms with Crippen LogP contribution in [0.15, 0.2) is 18.3 Å². The van der Waals surface area contributed by atoms with E-state index >= 15 is 0 Å². The molecule has 2 atom stereocenters. The lowest BCUT2D eigenvalue weighted by atomic mass is 9.91. The molecule has 1 amide bonds. The van der Waals surface area contributed by atoms with Gasteiger partial charge >= 0.3 is 6.18 Å². The number of halogens is 3. The second kappa shape index (κ2) is 7.83. The molecule has 25 heavy (non-hydrogen) atoms. The molecular formula is C17H21F3N4O. The third-order valence-corrected chi connectivity index (χ3v) is 4.47. The summed E-state index contributed by atoms with van der Waals surface area (Å²) < 4.78 is 37.3. The molecule has 5 nitrogen and oxygen atoms in total. The van der Waals surface area contributed by atoms with Gasteiger partial charge in [-0.3, -0.25) is 4.79 Å². The summed E-state index contributed by atoms with van der Waals surface area (Å²) in [6.45, 7) is 4.87. The van der Waals surface area contributed by atoms with Gasteiger partial charge in [0.2, 0.25) is 0 Å². The predicted molar refractivity (Wildman–Crippen MR) is 85.6 cm³/mol. The van der Waals surface area contributed by atoms with Crippen molar-refractivity contribution in [2.45, 2.75) is 32.5 Å². The van der Waals surface area contributed by atoms with Crippen LogP contribution in [-0.2, 0) is 0 Å². The van der Waals surface area contributed by atoms with Crippen molar-refractivity contribution in [3.8, 4) is 6.07 Å². The topological polar surface area (TPSA) is 69.0 Å². The molecule has 1 aromatic heterocycles. The first-order valence-corrected chi connectivity index (χ1v) is 8.15. The summed E-state index contributed by atoms with van der Waals surface area (Å²) in [5, 5.41) is 11.6. The number of hydrogen-bond acceptors (Lipinski definition) is 4. The molecule has 2 rings (SSSR count). The van der Waals surface area contributed by atoms with Crippen LogP contribution in [0.2, 0.25) is 0 Å². The van der Waals surface area contributed by atoms with E-state index in [1.807, 2.05) is 19.9 Å². The number of nitrogens with one attached hydrogen (secondary N) is 1. The van der Waals surface area contributed by atoms with Crippen molar-refractivity contribution in [1.82, 2.24) is 15.2 Å². The number of alkyl halides is 3. The second-order valence-electron chi connectivity index (χ2n) is 6.66. The number of nitrogens with zero attached hydrogens (tertiary/aromatic N) is 3. The number of pyridine rings is 1. The summed E-state index contributed by atoms with van der Waals surface area (Å²) in [6, 6.07) is 4.64. The SMILES string of the molecule is CC(C)[C@@H]1CN(CCC(F)(F)F)C[C@H]1NC(=O)c1ccc(C#N)nc1. The van der Waals surface area contributed by atoms with Crippen LogP contribution in [0.4, 0.5) is 13.2 Å². The monoisotopic (exact) mass is 354 g/mol. The summed E-state index contributed by atoms with van der Waals surface area (Å²) in [5.74, 6) is -0.00545. The van der Waals surface area contributed by atoms with Crippen molar-refractivity contribution in [3.63, 3.8) is 0 Å². The third kappa shape index (κ3) is 5.43. The Morgan fingerprint density at radius 3 is 2.68 bits per heavy atom. The van der Waals surface area contributed by atoms with Crippen LogP contribution >= 0.6 is 0 Å². The van der Waals surface area contributed by atoms with Gasteiger partial charge in [-0.25, -0.2) is 4.98 Å². The first kappa shape index (κ1) is 19.2. The van der Waals surface area contributed by atoms with E-state index in [1.54, 1.807) is 4.90 Å². The highest BCUT2D eigenvalue weighted by atomic mass is 19.4. The highest BCUT2D eigenvalue weighted by Gasteiger charge is 2.37. The summed E-state index contributed by atoms with van der Waals surface area (Å²) >= 11 is 0. The van der Waals surface area contributed by atoms with Crippen molar-refractivity contribution in [2.24, 2.45) is 11.8 Å². The molecular weight excluding hydrogens is 333 g/mol. The number of hydrogen-bond donors (Lipinski definition) is 1. The number of amides is 1. The Morgan fingerprint density at radius 2 is 2.16 bits per heavy atom. The fraction of sp³-hybridized carbons (Fsp3) is 0.588. The van der Waals surface area contributed by atoms with Crippen LogP contribution in [0.5, 0.6) is 0 Å². The lowest BCUT2D eigenvalue weighted by molar-refractivity contribution is -0.137. The van der Waals surface area contributed by atoms with Gasteiger partial charge in [-0.1, -0.05) is 13.8 Å². The zero-order valence-electron chi connectivity index (χ0n) is 14.2. The summed E-state index contributed by atoms with van der Waals surface area (Å²) in [4.78, 5) is 18.0. The maximum absolute atomic E-state index is 12.4. The third-order valence-electron chi connectivity index (χ3n) is 4.47. The molecule has 8 heteroatoms. The lowest BCUT2D eigenvalue weighted by Gasteiger charge is -2.23. The van der Waals surface area contributed by atoms with E-state index < -0.39 is 12.6 Å². The fourth-order valence-electron chi connectivity index (χ4n) is 3.06. The van der Waals surface area contributed by atoms with E-state index in [1.165, 1.54) is 18.3 Å². The molecule has 1 aromatic rings. The van der Waals surface area contributed by atoms with Crippen molar-refractivity contribution < 1.29 is 18.0 Å². The minimum atomic E-state index is -4.18. The van der Waals surface area contributed by atoms with Crippen LogP contribution in [0.25, 0.3) is 0 Å². The normalized spacial score (nSPS) is 21.3. The minimum Gasteiger partial charge on any atom is -0.348 e. The average molecular weight is 354 g/mol. The van der Waals surface area contributed by atoms with E-state index in [4.69, 9.17) is 5.26 Å². The van der Waals surface area contributed by atoms with Crippen molar-refractivity contribution >= 4 is 5.91 Å². The Kier molecular flexibility index (Phi) is 6.01. The first-order chi connectivity index (χ1) is 11.7. The molecule has 1 aliphatic rings. The van der Waals surface area contributed by atoms with Crippen LogP contribution in [0, 0.1) is 23.2 Å². The van der Waals surface area contributed by atoms with E-state index in [-0.39, 0.29) is 36.0 Å². The van der Waals surface area contributed by atoms with Gasteiger partial charge in [0.1, 0.15) is 11.8 Å². The van der Waals surface area contributed by atoms with Gasteiger partial charge < -0.3 is 10.2 Å². The highest BCUT2D eigenvalue weighted by Crippen LogP contribution is 2.27. The predicted octanol–water partition coefficient (Wildman–Crippen LogP) is 2.59. The van der Waals surface area contributed by atoms with Crippen LogP contribution < -0.4 is 5.32 Å². The first-order valence-electron chi connectivity index (χ1n) is 8.15. The number of rotatable bonds is 5. The summed E-state index contributed by atoms with van der Waals surface area (Å²) in [6.07, 6.45) is -3.70. The Morgan fingerprint density at radius 1 is 1.44 bits per heavy atom. The van der Waals surface area contributed by atoms with E-state index in [0.717, 1.165) is 0 Å². The van der Waals surface area contributed by atoms with Gasteiger partial charge in [0.05, 0.1) is 12.0 Å². The fourth-order valence-corrected chi connectivity index (χ4v) is 3.06. The van der Waals surface area contributed by atoms with Gasteiger partial charge in [0.25, 0.3) is 5.91 Å². The molecule has 0 saturated carbocycles. The van der Waals surface area contributed by atoms with Gasteiger partial charge in [0.15, 0.2) is 0 Å². The van der Waals surface area contributed by atoms with Gasteiger partial charge in [-0.15, -0.1) is 0 Å². The van der Waals surface area contributed by atoms with Gasteiger partial charge in [-0.05, 0) is 24.0 Å². The average Bonchev–Trinajstić information content (AvgIpc) is 2.95. The van der Waals surface area contributed by atoms with Crippen molar-refractivity contribution in [1.29, 1.82) is 5.26 Å². The molecule has 1 saturated heterocycles. The maximum atomic E-state index is 12.4. The summed E-state index contributed by atoms with van der Waals surface area (Å²) in [7, 11) is 0. The molecule has 1 aliphatic heterocycles. The van der Waals surface area contributed by atoms with Crippen LogP contribution in [0.1, 0.15) is 36.3 Å². The molecule has 0 aromatic carbocycles. The molecule has 0 bridgehead atoms. The van der Waals surface area contributed by atoms with Crippen LogP contribution in [-0.4, -0.2) is 47.6 Å². The molecule has 136 valence electrons. The van der Waals surface area contributed by atoms with E-state index in [0.29, 0.717) is 18.7 Å². The van der Waals surface area contributed by atoms with Gasteiger partial charge in [-0.2, -0.15) is 18.4 Å². The number of aromatic nitrogens is 1. The molecule has 2 heterocycles. The molecule has 0 radical (unpaired) electrons. The molecule has 0 unspecified atom stereocenters. The Bertz CT molecular complexity index is 637. The Balaban J connectivity index is 2.00. The second-order valence-corrected chi connectivity index (χ2v) is 6.66. The smallest absolute Gasteiger partial charge is 0.348 e. The van der Waals surface area contributed by atoms with Gasteiger partial charge in [0, 0.05) is 31.9 Å². The number of carbonyl (C=O) groups excluding carboxylic acids is 1. The molecule has 0 aliphatic carbocycles. The number of likely N-dealkylation sites (tertiary alicyclic amines) is 1. The van der Waals surface area contributed by atoms with Crippen molar-refractivity contribution in [2.75, 3.05) is 19.6 Å². The highest BCUT2D eigenvalue weighted by molar-refractivity contribution is 5.94. The number of carbonyl (C=O) groups is 1. The molecule has 0 spiro atoms. The molecule has 1 fully saturated rings. The zero-order valence-corrected chi connectivity index (χ0v) is 14.2. The standard InChI is InChI=1S/C17H21F3N4O/c1-11(2)14-9-24(6-5-17(18,19)20)10-15(14)23-16(25)12-3-4-13(7-21)22-8-12/h3-4,8,11,14-15H,5-6,9-10H2,1-2H3,(H,23,25)/t14-,15+/m0/s1. The Hall–Kier alpha value is -2.14. The van der Waals surface area contributed by atoms with Crippen molar-refractivity contribution in [3.05, 3.63) is 29.6 Å². The number of nitriles is 1. The minimum absolute atomic E-state index is 0.0580. The zero-order chi connectivity index (χ0) is 18.6. The van der Waals surface area contributed by atoms with E-state index in [2.05, 4.69) is 10.3 Å². The van der Waals surface area contributed by atoms with Crippen LogP contribution in [0.3, 0.4) is 0 Å². The Labute approximate surface area is 144 Å². The summed E-state index contributed by atoms with van der Waals surface area (Å²) in [5.41, 5.74) is 0.547. The maximum Gasteiger partial charge on any atom is 0.390 e. The lowest BCUT2D eigenvalue weighted by Crippen LogP contribution is -2.42. The molecule has 1 N–H and O–H groups in total. The van der Waals surface area contributed by atoms with E-state index in [9.17, 15) is 18.0 Å². The quantitative estimate of drug-likeness (QED) is 0.882. The largest absolute Gasteiger partial charge is 0.390 e.